The third-order valence-electron chi connectivity index (χ3n) is 2.63. The topological polar surface area (TPSA) is 12.0 Å². The maximum Gasteiger partial charge on any atom is 0.123 e. The molecule has 0 aromatic heterocycles. The van der Waals surface area contributed by atoms with Crippen molar-refractivity contribution in [2.24, 2.45) is 0 Å². The van der Waals surface area contributed by atoms with E-state index >= 15 is 0 Å². The van der Waals surface area contributed by atoms with Crippen LogP contribution in [0.3, 0.4) is 0 Å². The molecule has 0 bridgehead atoms. The van der Waals surface area contributed by atoms with Gasteiger partial charge < -0.3 is 5.32 Å². The van der Waals surface area contributed by atoms with E-state index in [-0.39, 0.29) is 5.82 Å². The molecule has 1 aromatic rings. The van der Waals surface area contributed by atoms with Gasteiger partial charge in [-0.3, -0.25) is 0 Å². The van der Waals surface area contributed by atoms with Crippen molar-refractivity contribution in [1.82, 2.24) is 5.32 Å². The Kier molecular flexibility index (Phi) is 2.08. The molecular weight excluding hydrogens is 165 g/mol. The second kappa shape index (κ2) is 3.11. The van der Waals surface area contributed by atoms with Crippen LogP contribution in [0.4, 0.5) is 4.39 Å². The Morgan fingerprint density at radius 1 is 1.38 bits per heavy atom. The maximum absolute atomic E-state index is 12.9. The smallest absolute Gasteiger partial charge is 0.123 e. The van der Waals surface area contributed by atoms with Crippen molar-refractivity contribution < 1.29 is 4.39 Å². The molecule has 1 aliphatic heterocycles. The lowest BCUT2D eigenvalue weighted by Crippen LogP contribution is -2.35. The van der Waals surface area contributed by atoms with Crippen LogP contribution in [0, 0.1) is 5.82 Å². The molecule has 0 unspecified atom stereocenters. The minimum Gasteiger partial charge on any atom is -0.307 e. The number of nitrogens with one attached hydrogen (secondary N) is 1. The van der Waals surface area contributed by atoms with Crippen LogP contribution in [-0.2, 0) is 6.42 Å². The Hall–Kier alpha value is -0.890. The summed E-state index contributed by atoms with van der Waals surface area (Å²) < 4.78 is 12.9. The molecule has 1 nitrogen and oxygen atoms in total. The second-order valence-electron chi connectivity index (χ2n) is 3.84. The highest BCUT2D eigenvalue weighted by Gasteiger charge is 2.20. The Labute approximate surface area is 78.0 Å². The molecular formula is C11H14FN. The molecule has 0 saturated carbocycles. The number of hydrogen-bond acceptors (Lipinski definition) is 1. The summed E-state index contributed by atoms with van der Waals surface area (Å²) in [6, 6.07) is 5.87. The van der Waals surface area contributed by atoms with Crippen molar-refractivity contribution in [3.8, 4) is 0 Å². The quantitative estimate of drug-likeness (QED) is 0.645. The van der Waals surface area contributed by atoms with Gasteiger partial charge in [0.25, 0.3) is 0 Å². The first-order valence-corrected chi connectivity index (χ1v) is 4.71. The summed E-state index contributed by atoms with van der Waals surface area (Å²) in [6.45, 7) is 4.25. The van der Waals surface area contributed by atoms with Crippen molar-refractivity contribution in [2.75, 3.05) is 0 Å². The zero-order chi connectivity index (χ0) is 9.42. The van der Waals surface area contributed by atoms with E-state index in [1.54, 1.807) is 6.07 Å². The lowest BCUT2D eigenvalue weighted by molar-refractivity contribution is 0.443. The van der Waals surface area contributed by atoms with Gasteiger partial charge in [-0.2, -0.15) is 0 Å². The highest BCUT2D eigenvalue weighted by atomic mass is 19.1. The number of hydrogen-bond donors (Lipinski definition) is 1. The van der Waals surface area contributed by atoms with E-state index in [1.807, 2.05) is 6.07 Å². The average molecular weight is 179 g/mol. The Bertz CT molecular complexity index is 322. The predicted octanol–water partition coefficient (Wildman–Crippen LogP) is 2.42. The van der Waals surface area contributed by atoms with Crippen molar-refractivity contribution in [3.63, 3.8) is 0 Å². The lowest BCUT2D eigenvalue weighted by Gasteiger charge is -2.28. The first-order chi connectivity index (χ1) is 6.16. The average Bonchev–Trinajstić information content (AvgIpc) is 2.02. The van der Waals surface area contributed by atoms with Gasteiger partial charge in [0.15, 0.2) is 0 Å². The van der Waals surface area contributed by atoms with E-state index in [2.05, 4.69) is 19.2 Å². The van der Waals surface area contributed by atoms with Crippen LogP contribution in [0.15, 0.2) is 18.2 Å². The fourth-order valence-electron chi connectivity index (χ4n) is 2.08. The Morgan fingerprint density at radius 3 is 2.92 bits per heavy atom. The van der Waals surface area contributed by atoms with Crippen LogP contribution >= 0.6 is 0 Å². The molecule has 2 atom stereocenters. The highest BCUT2D eigenvalue weighted by molar-refractivity contribution is 5.33. The predicted molar refractivity (Wildman–Crippen MR) is 51.1 cm³/mol. The molecule has 0 aliphatic carbocycles. The standard InChI is InChI=1S/C11H14FN/c1-7-5-9-6-10(12)3-4-11(9)8(2)13-7/h3-4,6-8,13H,5H2,1-2H3/t7-,8+/m1/s1. The molecule has 2 heteroatoms. The minimum absolute atomic E-state index is 0.125. The van der Waals surface area contributed by atoms with Gasteiger partial charge in [0.05, 0.1) is 0 Å². The molecule has 1 N–H and O–H groups in total. The second-order valence-corrected chi connectivity index (χ2v) is 3.84. The third kappa shape index (κ3) is 1.59. The highest BCUT2D eigenvalue weighted by Crippen LogP contribution is 2.25. The normalized spacial score (nSPS) is 27.0. The first kappa shape index (κ1) is 8.70. The minimum atomic E-state index is -0.125. The van der Waals surface area contributed by atoms with Gasteiger partial charge in [-0.1, -0.05) is 6.07 Å². The van der Waals surface area contributed by atoms with Crippen LogP contribution in [-0.4, -0.2) is 6.04 Å². The molecule has 0 radical (unpaired) electrons. The summed E-state index contributed by atoms with van der Waals surface area (Å²) in [5.74, 6) is -0.125. The zero-order valence-electron chi connectivity index (χ0n) is 7.97. The van der Waals surface area contributed by atoms with Gasteiger partial charge in [0.2, 0.25) is 0 Å². The van der Waals surface area contributed by atoms with Gasteiger partial charge in [0.1, 0.15) is 5.82 Å². The Balaban J connectivity index is 2.43. The number of halogens is 1. The van der Waals surface area contributed by atoms with E-state index in [4.69, 9.17) is 0 Å². The summed E-state index contributed by atoms with van der Waals surface area (Å²) in [7, 11) is 0. The van der Waals surface area contributed by atoms with E-state index in [9.17, 15) is 4.39 Å². The maximum atomic E-state index is 12.9. The lowest BCUT2D eigenvalue weighted by atomic mass is 9.91. The van der Waals surface area contributed by atoms with Crippen molar-refractivity contribution in [2.45, 2.75) is 32.4 Å². The summed E-state index contributed by atoms with van der Waals surface area (Å²) in [6.07, 6.45) is 0.928. The number of rotatable bonds is 0. The van der Waals surface area contributed by atoms with Crippen molar-refractivity contribution in [1.29, 1.82) is 0 Å². The van der Waals surface area contributed by atoms with Crippen molar-refractivity contribution >= 4 is 0 Å². The first-order valence-electron chi connectivity index (χ1n) is 4.71. The largest absolute Gasteiger partial charge is 0.307 e. The van der Waals surface area contributed by atoms with Crippen LogP contribution in [0.2, 0.25) is 0 Å². The van der Waals surface area contributed by atoms with E-state index in [0.29, 0.717) is 12.1 Å². The van der Waals surface area contributed by atoms with E-state index < -0.39 is 0 Å². The molecule has 1 aliphatic rings. The molecule has 1 aromatic carbocycles. The molecule has 0 saturated heterocycles. The van der Waals surface area contributed by atoms with Crippen LogP contribution in [0.5, 0.6) is 0 Å². The Morgan fingerprint density at radius 2 is 2.15 bits per heavy atom. The fourth-order valence-corrected chi connectivity index (χ4v) is 2.08. The fraction of sp³-hybridized carbons (Fsp3) is 0.455. The van der Waals surface area contributed by atoms with Gasteiger partial charge >= 0.3 is 0 Å². The van der Waals surface area contributed by atoms with E-state index in [1.165, 1.54) is 11.6 Å². The number of benzene rings is 1. The molecule has 2 rings (SSSR count). The van der Waals surface area contributed by atoms with Crippen LogP contribution in [0.25, 0.3) is 0 Å². The van der Waals surface area contributed by atoms with Gasteiger partial charge in [-0.05, 0) is 43.5 Å². The molecule has 0 fully saturated rings. The third-order valence-corrected chi connectivity index (χ3v) is 2.63. The molecule has 70 valence electrons. The summed E-state index contributed by atoms with van der Waals surface area (Å²) in [4.78, 5) is 0. The molecule has 0 spiro atoms. The SMILES string of the molecule is C[C@@H]1Cc2cc(F)ccc2[C@H](C)N1. The summed E-state index contributed by atoms with van der Waals surface area (Å²) in [5, 5.41) is 3.43. The number of fused-ring (bicyclic) bond motifs is 1. The molecule has 1 heterocycles. The molecule has 13 heavy (non-hydrogen) atoms. The van der Waals surface area contributed by atoms with Crippen LogP contribution < -0.4 is 5.32 Å². The zero-order valence-corrected chi connectivity index (χ0v) is 7.97. The van der Waals surface area contributed by atoms with Crippen molar-refractivity contribution in [3.05, 3.63) is 35.1 Å². The van der Waals surface area contributed by atoms with Gasteiger partial charge in [0, 0.05) is 12.1 Å². The van der Waals surface area contributed by atoms with Gasteiger partial charge in [-0.25, -0.2) is 4.39 Å². The van der Waals surface area contributed by atoms with E-state index in [0.717, 1.165) is 12.0 Å². The molecule has 0 amide bonds. The summed E-state index contributed by atoms with van der Waals surface area (Å²) >= 11 is 0. The monoisotopic (exact) mass is 179 g/mol. The van der Waals surface area contributed by atoms with Gasteiger partial charge in [-0.15, -0.1) is 0 Å². The summed E-state index contributed by atoms with van der Waals surface area (Å²) in [5.41, 5.74) is 2.39. The van der Waals surface area contributed by atoms with Crippen LogP contribution in [0.1, 0.15) is 31.0 Å².